The van der Waals surface area contributed by atoms with E-state index in [9.17, 15) is 0 Å². The van der Waals surface area contributed by atoms with Crippen molar-refractivity contribution in [3.05, 3.63) is 101 Å². The summed E-state index contributed by atoms with van der Waals surface area (Å²) in [6.45, 7) is 4.27. The Kier molecular flexibility index (Phi) is 4.18. The van der Waals surface area contributed by atoms with Gasteiger partial charge in [-0.25, -0.2) is 4.57 Å². The number of aromatic nitrogens is 1. The Morgan fingerprint density at radius 2 is 1.58 bits per heavy atom. The molecular weight excluding hydrogens is 318 g/mol. The number of benzene rings is 2. The number of nitrogens with zero attached hydrogens (tertiary/aromatic N) is 1. The molecular formula is C24H22NO+. The van der Waals surface area contributed by atoms with Crippen LogP contribution in [0.3, 0.4) is 0 Å². The molecule has 0 aliphatic carbocycles. The zero-order valence-corrected chi connectivity index (χ0v) is 15.4. The van der Waals surface area contributed by atoms with Gasteiger partial charge in [0.05, 0.1) is 0 Å². The maximum atomic E-state index is 6.26. The Morgan fingerprint density at radius 1 is 0.885 bits per heavy atom. The Balaban J connectivity index is 1.87. The minimum absolute atomic E-state index is 0.883. The standard InChI is InChI=1S/C24H22NO/c1-17-13-22-21(15-19-9-11-25(3)12-10-19)16-23(20-7-5-4-6-8-20)26-24(22)14-18(17)2/h4-16H,1-3H3/q+1/b21-15+. The average molecular weight is 340 g/mol. The van der Waals surface area contributed by atoms with Crippen molar-refractivity contribution in [2.75, 3.05) is 0 Å². The summed E-state index contributed by atoms with van der Waals surface area (Å²) in [4.78, 5) is 0. The summed E-state index contributed by atoms with van der Waals surface area (Å²) in [5, 5.41) is 0. The lowest BCUT2D eigenvalue weighted by Crippen LogP contribution is -2.25. The van der Waals surface area contributed by atoms with Crippen molar-refractivity contribution in [1.29, 1.82) is 0 Å². The topological polar surface area (TPSA) is 13.1 Å². The molecule has 2 nitrogen and oxygen atoms in total. The third-order valence-corrected chi connectivity index (χ3v) is 4.80. The Morgan fingerprint density at radius 3 is 2.31 bits per heavy atom. The van der Waals surface area contributed by atoms with E-state index in [-0.39, 0.29) is 0 Å². The van der Waals surface area contributed by atoms with E-state index in [2.05, 4.69) is 74.8 Å². The van der Waals surface area contributed by atoms with E-state index in [0.717, 1.165) is 22.6 Å². The van der Waals surface area contributed by atoms with E-state index in [1.54, 1.807) is 0 Å². The van der Waals surface area contributed by atoms with Crippen LogP contribution >= 0.6 is 0 Å². The van der Waals surface area contributed by atoms with Crippen LogP contribution in [0.2, 0.25) is 0 Å². The molecule has 0 N–H and O–H groups in total. The van der Waals surface area contributed by atoms with E-state index < -0.39 is 0 Å². The van der Waals surface area contributed by atoms with Gasteiger partial charge < -0.3 is 4.74 Å². The highest BCUT2D eigenvalue weighted by Crippen LogP contribution is 2.39. The van der Waals surface area contributed by atoms with Crippen LogP contribution in [0.4, 0.5) is 0 Å². The van der Waals surface area contributed by atoms with E-state index in [4.69, 9.17) is 4.74 Å². The van der Waals surface area contributed by atoms with E-state index in [1.807, 2.05) is 29.8 Å². The van der Waals surface area contributed by atoms with Crippen molar-refractivity contribution in [3.8, 4) is 5.75 Å². The van der Waals surface area contributed by atoms with Crippen LogP contribution in [-0.4, -0.2) is 0 Å². The van der Waals surface area contributed by atoms with Gasteiger partial charge in [0.1, 0.15) is 18.6 Å². The smallest absolute Gasteiger partial charge is 0.169 e. The molecule has 128 valence electrons. The molecule has 1 aromatic heterocycles. The minimum Gasteiger partial charge on any atom is -0.456 e. The fourth-order valence-corrected chi connectivity index (χ4v) is 3.12. The molecule has 26 heavy (non-hydrogen) atoms. The molecule has 1 aliphatic heterocycles. The summed E-state index contributed by atoms with van der Waals surface area (Å²) >= 11 is 0. The second-order valence-electron chi connectivity index (χ2n) is 6.81. The van der Waals surface area contributed by atoms with Crippen LogP contribution < -0.4 is 9.30 Å². The number of aryl methyl sites for hydroxylation is 3. The Labute approximate surface area is 154 Å². The number of hydrogen-bond acceptors (Lipinski definition) is 1. The maximum absolute atomic E-state index is 6.26. The van der Waals surface area contributed by atoms with Gasteiger partial charge in [0.2, 0.25) is 0 Å². The Bertz CT molecular complexity index is 1010. The lowest BCUT2D eigenvalue weighted by atomic mass is 9.94. The van der Waals surface area contributed by atoms with Crippen molar-refractivity contribution >= 4 is 17.4 Å². The van der Waals surface area contributed by atoms with Gasteiger partial charge in [-0.3, -0.25) is 0 Å². The minimum atomic E-state index is 0.883. The number of pyridine rings is 1. The van der Waals surface area contributed by atoms with Crippen LogP contribution in [0, 0.1) is 13.8 Å². The molecule has 2 heteroatoms. The number of fused-ring (bicyclic) bond motifs is 1. The summed E-state index contributed by atoms with van der Waals surface area (Å²) < 4.78 is 8.30. The molecule has 0 saturated carbocycles. The average Bonchev–Trinajstić information content (AvgIpc) is 2.65. The molecule has 0 spiro atoms. The zero-order chi connectivity index (χ0) is 18.1. The van der Waals surface area contributed by atoms with Crippen LogP contribution in [0.25, 0.3) is 17.4 Å². The number of hydrogen-bond donors (Lipinski definition) is 0. The summed E-state index contributed by atoms with van der Waals surface area (Å²) in [5.74, 6) is 1.80. The first-order valence-electron chi connectivity index (χ1n) is 8.84. The van der Waals surface area contributed by atoms with E-state index in [0.29, 0.717) is 0 Å². The lowest BCUT2D eigenvalue weighted by molar-refractivity contribution is -0.671. The quantitative estimate of drug-likeness (QED) is 0.591. The van der Waals surface area contributed by atoms with Crippen LogP contribution in [0.1, 0.15) is 27.8 Å². The van der Waals surface area contributed by atoms with Crippen LogP contribution in [-0.2, 0) is 7.05 Å². The summed E-state index contributed by atoms with van der Waals surface area (Å²) in [6.07, 6.45) is 8.49. The van der Waals surface area contributed by atoms with Crippen LogP contribution in [0.15, 0.2) is 73.1 Å². The molecule has 0 radical (unpaired) electrons. The number of ether oxygens (including phenoxy) is 1. The third-order valence-electron chi connectivity index (χ3n) is 4.80. The molecule has 0 saturated heterocycles. The highest BCUT2D eigenvalue weighted by molar-refractivity contribution is 5.96. The van der Waals surface area contributed by atoms with Gasteiger partial charge in [0, 0.05) is 23.3 Å². The highest BCUT2D eigenvalue weighted by atomic mass is 16.5. The molecule has 3 aromatic rings. The molecule has 2 aromatic carbocycles. The third kappa shape index (κ3) is 3.18. The SMILES string of the molecule is Cc1cc2c(cc1C)/C(=C/c1cc[n+](C)cc1)C=C(c1ccccc1)O2. The molecule has 1 aliphatic rings. The molecule has 2 heterocycles. The maximum Gasteiger partial charge on any atom is 0.169 e. The first-order valence-corrected chi connectivity index (χ1v) is 8.84. The molecule has 0 atom stereocenters. The van der Waals surface area contributed by atoms with Crippen molar-refractivity contribution in [3.63, 3.8) is 0 Å². The highest BCUT2D eigenvalue weighted by Gasteiger charge is 2.19. The van der Waals surface area contributed by atoms with Gasteiger partial charge in [-0.1, -0.05) is 30.3 Å². The predicted octanol–water partition coefficient (Wildman–Crippen LogP) is 5.10. The largest absolute Gasteiger partial charge is 0.456 e. The van der Waals surface area contributed by atoms with Gasteiger partial charge in [-0.15, -0.1) is 0 Å². The summed E-state index contributed by atoms with van der Waals surface area (Å²) in [6, 6.07) is 18.9. The first kappa shape index (κ1) is 16.3. The van der Waals surface area contributed by atoms with Gasteiger partial charge in [-0.05, 0) is 60.4 Å². The lowest BCUT2D eigenvalue weighted by Gasteiger charge is -2.22. The van der Waals surface area contributed by atoms with Crippen LogP contribution in [0.5, 0.6) is 5.75 Å². The predicted molar refractivity (Wildman–Crippen MR) is 106 cm³/mol. The summed E-state index contributed by atoms with van der Waals surface area (Å²) in [7, 11) is 2.03. The van der Waals surface area contributed by atoms with Crippen molar-refractivity contribution in [2.24, 2.45) is 7.05 Å². The van der Waals surface area contributed by atoms with Crippen molar-refractivity contribution in [2.45, 2.75) is 13.8 Å². The van der Waals surface area contributed by atoms with E-state index in [1.165, 1.54) is 22.3 Å². The van der Waals surface area contributed by atoms with Gasteiger partial charge in [0.25, 0.3) is 0 Å². The van der Waals surface area contributed by atoms with Gasteiger partial charge >= 0.3 is 0 Å². The van der Waals surface area contributed by atoms with Crippen molar-refractivity contribution < 1.29 is 9.30 Å². The van der Waals surface area contributed by atoms with E-state index >= 15 is 0 Å². The zero-order valence-electron chi connectivity index (χ0n) is 15.4. The molecule has 4 rings (SSSR count). The molecule has 0 bridgehead atoms. The Hall–Kier alpha value is -3.13. The van der Waals surface area contributed by atoms with Gasteiger partial charge in [0.15, 0.2) is 12.4 Å². The first-order chi connectivity index (χ1) is 12.6. The second-order valence-corrected chi connectivity index (χ2v) is 6.81. The monoisotopic (exact) mass is 340 g/mol. The molecule has 0 amide bonds. The van der Waals surface area contributed by atoms with Gasteiger partial charge in [-0.2, -0.15) is 0 Å². The molecule has 0 fully saturated rings. The number of rotatable bonds is 2. The second kappa shape index (κ2) is 6.64. The summed E-state index contributed by atoms with van der Waals surface area (Å²) in [5.41, 5.74) is 7.08. The fourth-order valence-electron chi connectivity index (χ4n) is 3.12. The fraction of sp³-hybridized carbons (Fsp3) is 0.125. The molecule has 0 unspecified atom stereocenters. The normalized spacial score (nSPS) is 14.6. The number of allylic oxidation sites excluding steroid dienone is 2. The van der Waals surface area contributed by atoms with Crippen molar-refractivity contribution in [1.82, 2.24) is 0 Å².